The Bertz CT molecular complexity index is 300. The highest BCUT2D eigenvalue weighted by Gasteiger charge is 1.98. The van der Waals surface area contributed by atoms with Crippen LogP contribution in [0.4, 0.5) is 0 Å². The lowest BCUT2D eigenvalue weighted by Crippen LogP contribution is -2.26. The molecule has 1 rings (SSSR count). The van der Waals surface area contributed by atoms with Crippen LogP contribution in [0, 0.1) is 6.92 Å². The summed E-state index contributed by atoms with van der Waals surface area (Å²) in [5.41, 5.74) is 2.63. The molecule has 0 unspecified atom stereocenters. The second-order valence-corrected chi connectivity index (χ2v) is 4.48. The van der Waals surface area contributed by atoms with Gasteiger partial charge in [0.05, 0.1) is 0 Å². The lowest BCUT2D eigenvalue weighted by Gasteiger charge is -2.08. The van der Waals surface area contributed by atoms with Gasteiger partial charge in [0.15, 0.2) is 0 Å². The third-order valence-electron chi connectivity index (χ3n) is 2.25. The normalized spacial score (nSPS) is 10.6. The number of halogens is 1. The van der Waals surface area contributed by atoms with Crippen molar-refractivity contribution < 1.29 is 0 Å². The van der Waals surface area contributed by atoms with E-state index in [1.54, 1.807) is 0 Å². The van der Waals surface area contributed by atoms with Crippen LogP contribution in [-0.4, -0.2) is 19.6 Å². The maximum atomic E-state index is 3.56. The van der Waals surface area contributed by atoms with E-state index >= 15 is 0 Å². The fraction of sp³-hybridized carbons (Fsp3) is 0.500. The molecule has 2 N–H and O–H groups in total. The molecule has 0 saturated carbocycles. The maximum absolute atomic E-state index is 3.56. The number of rotatable bonds is 6. The molecule has 3 heteroatoms. The monoisotopic (exact) mass is 270 g/mol. The summed E-state index contributed by atoms with van der Waals surface area (Å²) in [5.74, 6) is 0. The summed E-state index contributed by atoms with van der Waals surface area (Å²) < 4.78 is 1.18. The van der Waals surface area contributed by atoms with Crippen molar-refractivity contribution in [3.63, 3.8) is 0 Å². The van der Waals surface area contributed by atoms with Gasteiger partial charge in [-0.05, 0) is 25.1 Å². The third-order valence-corrected chi connectivity index (χ3v) is 3.02. The number of nitrogens with one attached hydrogen (secondary N) is 2. The van der Waals surface area contributed by atoms with Crippen molar-refractivity contribution in [2.24, 2.45) is 0 Å². The first-order chi connectivity index (χ1) is 7.24. The van der Waals surface area contributed by atoms with Gasteiger partial charge in [0.1, 0.15) is 0 Å². The van der Waals surface area contributed by atoms with Gasteiger partial charge in [-0.3, -0.25) is 0 Å². The molecule has 1 aromatic rings. The average molecular weight is 271 g/mol. The van der Waals surface area contributed by atoms with Gasteiger partial charge in [-0.25, -0.2) is 0 Å². The molecule has 0 saturated heterocycles. The van der Waals surface area contributed by atoms with Crippen molar-refractivity contribution in [3.8, 4) is 0 Å². The van der Waals surface area contributed by atoms with E-state index in [-0.39, 0.29) is 0 Å². The van der Waals surface area contributed by atoms with Crippen LogP contribution in [0.25, 0.3) is 0 Å². The largest absolute Gasteiger partial charge is 0.316 e. The Morgan fingerprint density at radius 2 is 1.93 bits per heavy atom. The van der Waals surface area contributed by atoms with Crippen molar-refractivity contribution in [1.29, 1.82) is 0 Å². The standard InChI is InChI=1S/C12H19BrN2/c1-3-14-6-7-15-9-11-8-10(2)4-5-12(11)13/h4-5,8,14-15H,3,6-7,9H2,1-2H3. The highest BCUT2D eigenvalue weighted by molar-refractivity contribution is 9.10. The van der Waals surface area contributed by atoms with Crippen LogP contribution in [0.15, 0.2) is 22.7 Å². The Balaban J connectivity index is 2.33. The van der Waals surface area contributed by atoms with Crippen LogP contribution in [0.3, 0.4) is 0 Å². The molecule has 0 aliphatic carbocycles. The third kappa shape index (κ3) is 4.78. The van der Waals surface area contributed by atoms with Gasteiger partial charge in [-0.15, -0.1) is 0 Å². The van der Waals surface area contributed by atoms with E-state index in [2.05, 4.69) is 58.6 Å². The smallest absolute Gasteiger partial charge is 0.0220 e. The Kier molecular flexibility index (Phi) is 5.91. The Morgan fingerprint density at radius 1 is 1.20 bits per heavy atom. The molecule has 0 spiro atoms. The summed E-state index contributed by atoms with van der Waals surface area (Å²) in [6.45, 7) is 8.24. The maximum Gasteiger partial charge on any atom is 0.0220 e. The van der Waals surface area contributed by atoms with Gasteiger partial charge in [-0.1, -0.05) is 40.5 Å². The van der Waals surface area contributed by atoms with E-state index in [1.165, 1.54) is 15.6 Å². The average Bonchev–Trinajstić information content (AvgIpc) is 2.23. The van der Waals surface area contributed by atoms with Gasteiger partial charge in [0, 0.05) is 24.1 Å². The second kappa shape index (κ2) is 6.99. The lowest BCUT2D eigenvalue weighted by molar-refractivity contribution is 0.624. The quantitative estimate of drug-likeness (QED) is 0.777. The molecule has 0 fully saturated rings. The van der Waals surface area contributed by atoms with E-state index in [4.69, 9.17) is 0 Å². The molecule has 0 atom stereocenters. The fourth-order valence-electron chi connectivity index (χ4n) is 1.42. The zero-order valence-corrected chi connectivity index (χ0v) is 11.0. The molecule has 15 heavy (non-hydrogen) atoms. The minimum atomic E-state index is 0.924. The van der Waals surface area contributed by atoms with Crippen molar-refractivity contribution >= 4 is 15.9 Å². The molecule has 0 aliphatic rings. The van der Waals surface area contributed by atoms with Crippen molar-refractivity contribution in [2.45, 2.75) is 20.4 Å². The topological polar surface area (TPSA) is 24.1 Å². The van der Waals surface area contributed by atoms with E-state index in [9.17, 15) is 0 Å². The molecule has 84 valence electrons. The zero-order valence-electron chi connectivity index (χ0n) is 9.44. The molecule has 0 bridgehead atoms. The highest BCUT2D eigenvalue weighted by atomic mass is 79.9. The van der Waals surface area contributed by atoms with Crippen molar-refractivity contribution in [3.05, 3.63) is 33.8 Å². The number of hydrogen-bond acceptors (Lipinski definition) is 2. The molecule has 0 aliphatic heterocycles. The number of aryl methyl sites for hydroxylation is 1. The molecule has 0 radical (unpaired) electrons. The summed E-state index contributed by atoms with van der Waals surface area (Å²) in [4.78, 5) is 0. The van der Waals surface area contributed by atoms with Crippen LogP contribution in [0.1, 0.15) is 18.1 Å². The van der Waals surface area contributed by atoms with E-state index in [0.717, 1.165) is 26.2 Å². The second-order valence-electron chi connectivity index (χ2n) is 3.63. The molecule has 0 amide bonds. The first kappa shape index (κ1) is 12.7. The number of likely N-dealkylation sites (N-methyl/N-ethyl adjacent to an activating group) is 1. The lowest BCUT2D eigenvalue weighted by atomic mass is 10.1. The molecular formula is C12H19BrN2. The minimum Gasteiger partial charge on any atom is -0.316 e. The van der Waals surface area contributed by atoms with Crippen molar-refractivity contribution in [2.75, 3.05) is 19.6 Å². The van der Waals surface area contributed by atoms with Crippen LogP contribution in [0.5, 0.6) is 0 Å². The van der Waals surface area contributed by atoms with Gasteiger partial charge < -0.3 is 10.6 Å². The highest BCUT2D eigenvalue weighted by Crippen LogP contribution is 2.17. The number of benzene rings is 1. The van der Waals surface area contributed by atoms with Crippen LogP contribution in [-0.2, 0) is 6.54 Å². The molecule has 0 aromatic heterocycles. The van der Waals surface area contributed by atoms with Crippen LogP contribution in [0.2, 0.25) is 0 Å². The predicted octanol–water partition coefficient (Wildman–Crippen LogP) is 2.46. The Labute approximate surface area is 101 Å². The van der Waals surface area contributed by atoms with Crippen LogP contribution < -0.4 is 10.6 Å². The summed E-state index contributed by atoms with van der Waals surface area (Å²) in [5, 5.41) is 6.70. The first-order valence-corrected chi connectivity index (χ1v) is 6.19. The van der Waals surface area contributed by atoms with E-state index in [0.29, 0.717) is 0 Å². The zero-order chi connectivity index (χ0) is 11.1. The van der Waals surface area contributed by atoms with Crippen molar-refractivity contribution in [1.82, 2.24) is 10.6 Å². The Morgan fingerprint density at radius 3 is 2.67 bits per heavy atom. The SMILES string of the molecule is CCNCCNCc1cc(C)ccc1Br. The van der Waals surface area contributed by atoms with E-state index < -0.39 is 0 Å². The van der Waals surface area contributed by atoms with Gasteiger partial charge in [0.25, 0.3) is 0 Å². The van der Waals surface area contributed by atoms with E-state index in [1.807, 2.05) is 0 Å². The summed E-state index contributed by atoms with van der Waals surface area (Å²) >= 11 is 3.56. The van der Waals surface area contributed by atoms with Gasteiger partial charge in [-0.2, -0.15) is 0 Å². The molecule has 2 nitrogen and oxygen atoms in total. The van der Waals surface area contributed by atoms with Crippen LogP contribution >= 0.6 is 15.9 Å². The minimum absolute atomic E-state index is 0.924. The summed E-state index contributed by atoms with van der Waals surface area (Å²) in [6.07, 6.45) is 0. The number of hydrogen-bond donors (Lipinski definition) is 2. The molecule has 1 aromatic carbocycles. The molecular weight excluding hydrogens is 252 g/mol. The first-order valence-electron chi connectivity index (χ1n) is 5.40. The van der Waals surface area contributed by atoms with Gasteiger partial charge in [0.2, 0.25) is 0 Å². The fourth-order valence-corrected chi connectivity index (χ4v) is 1.80. The molecule has 0 heterocycles. The van der Waals surface area contributed by atoms with Gasteiger partial charge >= 0.3 is 0 Å². The summed E-state index contributed by atoms with van der Waals surface area (Å²) in [6, 6.07) is 6.44. The summed E-state index contributed by atoms with van der Waals surface area (Å²) in [7, 11) is 0. The Hall–Kier alpha value is -0.380. The predicted molar refractivity (Wildman–Crippen MR) is 69.1 cm³/mol.